The van der Waals surface area contributed by atoms with E-state index in [9.17, 15) is 4.79 Å². The fraction of sp³-hybridized carbons (Fsp3) is 0.312. The van der Waals surface area contributed by atoms with Gasteiger partial charge in [0.15, 0.2) is 0 Å². The lowest BCUT2D eigenvalue weighted by atomic mass is 9.86. The molecule has 2 N–H and O–H groups in total. The van der Waals surface area contributed by atoms with Crippen LogP contribution >= 0.6 is 0 Å². The van der Waals surface area contributed by atoms with Crippen LogP contribution in [0.3, 0.4) is 0 Å². The minimum absolute atomic E-state index is 0.0407. The molecule has 0 amide bonds. The van der Waals surface area contributed by atoms with Crippen molar-refractivity contribution in [1.29, 1.82) is 0 Å². The second kappa shape index (κ2) is 5.41. The molecule has 0 atom stereocenters. The summed E-state index contributed by atoms with van der Waals surface area (Å²) in [5, 5.41) is 12.2. The third-order valence-electron chi connectivity index (χ3n) is 3.09. The van der Waals surface area contributed by atoms with Crippen LogP contribution in [0.25, 0.3) is 0 Å². The first kappa shape index (κ1) is 14.2. The zero-order valence-electron chi connectivity index (χ0n) is 11.9. The van der Waals surface area contributed by atoms with Crippen molar-refractivity contribution < 1.29 is 14.3 Å². The van der Waals surface area contributed by atoms with E-state index >= 15 is 0 Å². The number of furan rings is 1. The quantitative estimate of drug-likeness (QED) is 0.887. The lowest BCUT2D eigenvalue weighted by Crippen LogP contribution is -2.14. The summed E-state index contributed by atoms with van der Waals surface area (Å²) >= 11 is 0. The third-order valence-corrected chi connectivity index (χ3v) is 3.09. The van der Waals surface area contributed by atoms with Crippen LogP contribution < -0.4 is 5.32 Å². The van der Waals surface area contributed by atoms with Crippen molar-refractivity contribution in [3.63, 3.8) is 0 Å². The van der Waals surface area contributed by atoms with Crippen molar-refractivity contribution >= 4 is 11.7 Å². The van der Waals surface area contributed by atoms with Crippen LogP contribution in [0.1, 0.15) is 42.5 Å². The minimum atomic E-state index is -0.977. The van der Waals surface area contributed by atoms with E-state index < -0.39 is 5.97 Å². The molecule has 106 valence electrons. The van der Waals surface area contributed by atoms with Crippen LogP contribution in [-0.4, -0.2) is 11.1 Å². The van der Waals surface area contributed by atoms with E-state index in [0.717, 1.165) is 5.69 Å². The first-order valence-electron chi connectivity index (χ1n) is 6.52. The van der Waals surface area contributed by atoms with Crippen LogP contribution in [0.5, 0.6) is 0 Å². The molecule has 1 aromatic carbocycles. The highest BCUT2D eigenvalue weighted by atomic mass is 16.4. The molecular weight excluding hydrogens is 254 g/mol. The number of rotatable bonds is 4. The zero-order chi connectivity index (χ0) is 14.8. The number of carboxylic acids is 1. The van der Waals surface area contributed by atoms with Crippen LogP contribution in [0, 0.1) is 0 Å². The molecule has 2 rings (SSSR count). The number of aromatic carboxylic acids is 1. The predicted octanol–water partition coefficient (Wildman–Crippen LogP) is 3.89. The maximum Gasteiger partial charge on any atom is 0.338 e. The monoisotopic (exact) mass is 273 g/mol. The van der Waals surface area contributed by atoms with E-state index in [1.807, 2.05) is 18.2 Å². The molecule has 4 heteroatoms. The van der Waals surface area contributed by atoms with Crippen LogP contribution in [0.15, 0.2) is 41.0 Å². The Hall–Kier alpha value is -2.23. The minimum Gasteiger partial charge on any atom is -0.478 e. The Balaban J connectivity index is 2.13. The number of anilines is 1. The van der Waals surface area contributed by atoms with Gasteiger partial charge in [0.05, 0.1) is 12.1 Å². The van der Waals surface area contributed by atoms with E-state index in [1.54, 1.807) is 0 Å². The standard InChI is InChI=1S/C16H19NO3/c1-16(2,3)13-6-4-5-7-14(13)17-9-12-8-11(10-20-12)15(18)19/h4-8,10,17H,9H2,1-3H3,(H,18,19). The highest BCUT2D eigenvalue weighted by Gasteiger charge is 2.17. The van der Waals surface area contributed by atoms with Gasteiger partial charge in [0.1, 0.15) is 12.0 Å². The second-order valence-electron chi connectivity index (χ2n) is 5.76. The fourth-order valence-electron chi connectivity index (χ4n) is 2.06. The fourth-order valence-corrected chi connectivity index (χ4v) is 2.06. The lowest BCUT2D eigenvalue weighted by Gasteiger charge is -2.23. The van der Waals surface area contributed by atoms with Gasteiger partial charge in [-0.2, -0.15) is 0 Å². The molecule has 0 aliphatic heterocycles. The van der Waals surface area contributed by atoms with Crippen molar-refractivity contribution in [2.24, 2.45) is 0 Å². The molecule has 0 fully saturated rings. The van der Waals surface area contributed by atoms with Gasteiger partial charge in [0.2, 0.25) is 0 Å². The molecule has 0 saturated carbocycles. The van der Waals surface area contributed by atoms with E-state index in [0.29, 0.717) is 12.3 Å². The number of hydrogen-bond acceptors (Lipinski definition) is 3. The third kappa shape index (κ3) is 3.20. The summed E-state index contributed by atoms with van der Waals surface area (Å²) in [6.45, 7) is 6.93. The number of carbonyl (C=O) groups is 1. The Morgan fingerprint density at radius 1 is 1.30 bits per heavy atom. The zero-order valence-corrected chi connectivity index (χ0v) is 11.9. The molecule has 0 radical (unpaired) electrons. The summed E-state index contributed by atoms with van der Waals surface area (Å²) in [6, 6.07) is 9.63. The van der Waals surface area contributed by atoms with Gasteiger partial charge in [-0.05, 0) is 23.1 Å². The average molecular weight is 273 g/mol. The summed E-state index contributed by atoms with van der Waals surface area (Å²) in [6.07, 6.45) is 1.26. The molecule has 0 aliphatic rings. The maximum absolute atomic E-state index is 10.8. The Labute approximate surface area is 118 Å². The summed E-state index contributed by atoms with van der Waals surface area (Å²) in [7, 11) is 0. The molecule has 0 spiro atoms. The number of hydrogen-bond donors (Lipinski definition) is 2. The topological polar surface area (TPSA) is 62.5 Å². The van der Waals surface area contributed by atoms with Crippen molar-refractivity contribution in [2.45, 2.75) is 32.7 Å². The highest BCUT2D eigenvalue weighted by molar-refractivity contribution is 5.87. The largest absolute Gasteiger partial charge is 0.478 e. The normalized spacial score (nSPS) is 11.3. The van der Waals surface area contributed by atoms with Crippen molar-refractivity contribution in [1.82, 2.24) is 0 Å². The SMILES string of the molecule is CC(C)(C)c1ccccc1NCc1cc(C(=O)O)co1. The molecule has 1 heterocycles. The van der Waals surface area contributed by atoms with Gasteiger partial charge in [-0.3, -0.25) is 0 Å². The summed E-state index contributed by atoms with van der Waals surface area (Å²) < 4.78 is 5.23. The molecule has 1 aromatic heterocycles. The number of carboxylic acid groups (broad SMARTS) is 1. The molecule has 0 bridgehead atoms. The van der Waals surface area contributed by atoms with Crippen LogP contribution in [0.4, 0.5) is 5.69 Å². The Bertz CT molecular complexity index is 608. The summed E-state index contributed by atoms with van der Waals surface area (Å²) in [4.78, 5) is 10.8. The van der Waals surface area contributed by atoms with Gasteiger partial charge in [-0.15, -0.1) is 0 Å². The van der Waals surface area contributed by atoms with Crippen molar-refractivity contribution in [2.75, 3.05) is 5.32 Å². The molecule has 0 saturated heterocycles. The van der Waals surface area contributed by atoms with Crippen molar-refractivity contribution in [3.8, 4) is 0 Å². The van der Waals surface area contributed by atoms with Gasteiger partial charge in [-0.1, -0.05) is 39.0 Å². The average Bonchev–Trinajstić information content (AvgIpc) is 2.84. The van der Waals surface area contributed by atoms with Gasteiger partial charge in [0, 0.05) is 5.69 Å². The first-order valence-corrected chi connectivity index (χ1v) is 6.52. The van der Waals surface area contributed by atoms with Gasteiger partial charge in [0.25, 0.3) is 0 Å². The summed E-state index contributed by atoms with van der Waals surface area (Å²) in [5.41, 5.74) is 2.46. The van der Waals surface area contributed by atoms with Gasteiger partial charge in [-0.25, -0.2) is 4.79 Å². The molecule has 2 aromatic rings. The Morgan fingerprint density at radius 2 is 2.00 bits per heavy atom. The summed E-state index contributed by atoms with van der Waals surface area (Å²) in [5.74, 6) is -0.374. The van der Waals surface area contributed by atoms with Crippen LogP contribution in [-0.2, 0) is 12.0 Å². The molecular formula is C16H19NO3. The van der Waals surface area contributed by atoms with Crippen molar-refractivity contribution in [3.05, 3.63) is 53.5 Å². The second-order valence-corrected chi connectivity index (χ2v) is 5.76. The van der Waals surface area contributed by atoms with Gasteiger partial charge < -0.3 is 14.8 Å². The smallest absolute Gasteiger partial charge is 0.338 e. The van der Waals surface area contributed by atoms with E-state index in [4.69, 9.17) is 9.52 Å². The van der Waals surface area contributed by atoms with Crippen LogP contribution in [0.2, 0.25) is 0 Å². The predicted molar refractivity (Wildman–Crippen MR) is 78.1 cm³/mol. The molecule has 20 heavy (non-hydrogen) atoms. The highest BCUT2D eigenvalue weighted by Crippen LogP contribution is 2.29. The number of nitrogens with one attached hydrogen (secondary N) is 1. The lowest BCUT2D eigenvalue weighted by molar-refractivity contribution is 0.0696. The number of para-hydroxylation sites is 1. The van der Waals surface area contributed by atoms with E-state index in [-0.39, 0.29) is 11.0 Å². The Kier molecular flexibility index (Phi) is 3.84. The first-order chi connectivity index (χ1) is 9.38. The van der Waals surface area contributed by atoms with Gasteiger partial charge >= 0.3 is 5.97 Å². The van der Waals surface area contributed by atoms with E-state index in [2.05, 4.69) is 32.2 Å². The number of benzene rings is 1. The molecule has 0 aliphatic carbocycles. The molecule has 4 nitrogen and oxygen atoms in total. The Morgan fingerprint density at radius 3 is 2.60 bits per heavy atom. The molecule has 0 unspecified atom stereocenters. The van der Waals surface area contributed by atoms with E-state index in [1.165, 1.54) is 17.9 Å². The maximum atomic E-state index is 10.8.